The first kappa shape index (κ1) is 17.8. The number of benzene rings is 1. The van der Waals surface area contributed by atoms with Crippen LogP contribution in [-0.2, 0) is 13.0 Å². The number of nitrogens with one attached hydrogen (secondary N) is 2. The highest BCUT2D eigenvalue weighted by Gasteiger charge is 2.05. The van der Waals surface area contributed by atoms with Gasteiger partial charge in [0.25, 0.3) is 0 Å². The fraction of sp³-hybridized carbons (Fsp3) is 0.316. The molecule has 0 bridgehead atoms. The second-order valence-electron chi connectivity index (χ2n) is 6.08. The van der Waals surface area contributed by atoms with E-state index < -0.39 is 0 Å². The van der Waals surface area contributed by atoms with Crippen molar-refractivity contribution in [3.8, 4) is 0 Å². The van der Waals surface area contributed by atoms with Gasteiger partial charge in [-0.2, -0.15) is 0 Å². The Morgan fingerprint density at radius 3 is 2.88 bits per heavy atom. The van der Waals surface area contributed by atoms with Crippen LogP contribution in [0.25, 0.3) is 5.65 Å². The molecule has 0 spiro atoms. The number of rotatable bonds is 6. The van der Waals surface area contributed by atoms with Crippen molar-refractivity contribution in [1.29, 1.82) is 0 Å². The average Bonchev–Trinajstić information content (AvgIpc) is 3.07. The monoisotopic (exact) mass is 354 g/mol. The first-order chi connectivity index (χ1) is 12.7. The summed E-state index contributed by atoms with van der Waals surface area (Å²) in [5.41, 5.74) is 2.53. The van der Waals surface area contributed by atoms with Gasteiger partial charge in [0.05, 0.1) is 0 Å². The lowest BCUT2D eigenvalue weighted by molar-refractivity contribution is 0.617. The predicted molar refractivity (Wildman–Crippen MR) is 101 cm³/mol. The number of guanidine groups is 1. The predicted octanol–water partition coefficient (Wildman–Crippen LogP) is 2.47. The van der Waals surface area contributed by atoms with Crippen LogP contribution in [-0.4, -0.2) is 34.2 Å². The van der Waals surface area contributed by atoms with Crippen molar-refractivity contribution >= 4 is 11.6 Å². The smallest absolute Gasteiger partial charge is 0.191 e. The molecule has 3 rings (SSSR count). The van der Waals surface area contributed by atoms with Gasteiger partial charge in [-0.1, -0.05) is 18.2 Å². The topological polar surface area (TPSA) is 66.6 Å². The fourth-order valence-electron chi connectivity index (χ4n) is 2.74. The number of halogens is 1. The summed E-state index contributed by atoms with van der Waals surface area (Å²) in [4.78, 5) is 4.21. The van der Waals surface area contributed by atoms with Crippen molar-refractivity contribution < 1.29 is 4.39 Å². The highest BCUT2D eigenvalue weighted by molar-refractivity contribution is 5.79. The molecule has 2 N–H and O–H groups in total. The van der Waals surface area contributed by atoms with Crippen LogP contribution in [0.15, 0.2) is 47.6 Å². The second kappa shape index (κ2) is 8.42. The lowest BCUT2D eigenvalue weighted by Crippen LogP contribution is -2.37. The van der Waals surface area contributed by atoms with E-state index >= 15 is 0 Å². The lowest BCUT2D eigenvalue weighted by Gasteiger charge is -2.12. The summed E-state index contributed by atoms with van der Waals surface area (Å²) in [5.74, 6) is 1.49. The third-order valence-corrected chi connectivity index (χ3v) is 4.16. The number of nitrogens with zero attached hydrogens (tertiary/aromatic N) is 4. The zero-order chi connectivity index (χ0) is 18.4. The van der Waals surface area contributed by atoms with Crippen LogP contribution in [0, 0.1) is 12.7 Å². The molecule has 2 heterocycles. The lowest BCUT2D eigenvalue weighted by atomic mass is 10.1. The van der Waals surface area contributed by atoms with Crippen LogP contribution < -0.4 is 10.6 Å². The summed E-state index contributed by atoms with van der Waals surface area (Å²) in [5, 5.41) is 14.9. The maximum absolute atomic E-state index is 13.3. The highest BCUT2D eigenvalue weighted by atomic mass is 19.1. The van der Waals surface area contributed by atoms with Crippen LogP contribution in [0.5, 0.6) is 0 Å². The van der Waals surface area contributed by atoms with Crippen molar-refractivity contribution in [3.05, 3.63) is 65.4 Å². The minimum Gasteiger partial charge on any atom is -0.356 e. The van der Waals surface area contributed by atoms with E-state index in [2.05, 4.69) is 25.8 Å². The minimum atomic E-state index is -0.183. The van der Waals surface area contributed by atoms with E-state index in [1.54, 1.807) is 20.0 Å². The summed E-state index contributed by atoms with van der Waals surface area (Å²) in [7, 11) is 1.73. The third kappa shape index (κ3) is 4.36. The van der Waals surface area contributed by atoms with Crippen LogP contribution >= 0.6 is 0 Å². The summed E-state index contributed by atoms with van der Waals surface area (Å²) >= 11 is 0. The molecule has 0 aliphatic carbocycles. The van der Waals surface area contributed by atoms with Gasteiger partial charge < -0.3 is 10.6 Å². The quantitative estimate of drug-likeness (QED) is 0.405. The van der Waals surface area contributed by atoms with Crippen molar-refractivity contribution in [3.63, 3.8) is 0 Å². The Morgan fingerprint density at radius 2 is 2.08 bits per heavy atom. The number of aromatic nitrogens is 3. The van der Waals surface area contributed by atoms with Gasteiger partial charge >= 0.3 is 0 Å². The molecule has 0 fully saturated rings. The minimum absolute atomic E-state index is 0.183. The maximum Gasteiger partial charge on any atom is 0.191 e. The molecule has 3 aromatic rings. The molecular weight excluding hydrogens is 331 g/mol. The van der Waals surface area contributed by atoms with Crippen LogP contribution in [0.4, 0.5) is 4.39 Å². The molecular formula is C19H23FN6. The van der Waals surface area contributed by atoms with E-state index in [4.69, 9.17) is 0 Å². The Kier molecular flexibility index (Phi) is 5.78. The maximum atomic E-state index is 13.3. The Morgan fingerprint density at radius 1 is 1.19 bits per heavy atom. The van der Waals surface area contributed by atoms with Gasteiger partial charge in [-0.15, -0.1) is 10.2 Å². The van der Waals surface area contributed by atoms with Gasteiger partial charge in [0, 0.05) is 32.8 Å². The fourth-order valence-corrected chi connectivity index (χ4v) is 2.74. The van der Waals surface area contributed by atoms with Gasteiger partial charge in [-0.05, 0) is 42.7 Å². The first-order valence-corrected chi connectivity index (χ1v) is 8.65. The van der Waals surface area contributed by atoms with Crippen molar-refractivity contribution in [2.24, 2.45) is 4.99 Å². The third-order valence-electron chi connectivity index (χ3n) is 4.16. The molecule has 0 amide bonds. The number of aryl methyl sites for hydroxylation is 2. The van der Waals surface area contributed by atoms with Crippen molar-refractivity contribution in [1.82, 2.24) is 25.2 Å². The molecule has 6 nitrogen and oxygen atoms in total. The molecule has 0 saturated carbocycles. The molecule has 0 atom stereocenters. The summed E-state index contributed by atoms with van der Waals surface area (Å²) in [6.07, 6.45) is 3.71. The number of fused-ring (bicyclic) bond motifs is 1. The zero-order valence-electron chi connectivity index (χ0n) is 15.0. The number of hydrogen-bond donors (Lipinski definition) is 2. The van der Waals surface area contributed by atoms with E-state index in [0.29, 0.717) is 12.1 Å². The summed E-state index contributed by atoms with van der Waals surface area (Å²) < 4.78 is 15.3. The Bertz CT molecular complexity index is 902. The number of hydrogen-bond acceptors (Lipinski definition) is 3. The van der Waals surface area contributed by atoms with E-state index in [1.807, 2.05) is 34.9 Å². The average molecular weight is 354 g/mol. The number of aliphatic imine (C=N–C) groups is 1. The van der Waals surface area contributed by atoms with Crippen LogP contribution in [0.2, 0.25) is 0 Å². The molecule has 0 aliphatic rings. The Balaban J connectivity index is 1.45. The Labute approximate surface area is 152 Å². The van der Waals surface area contributed by atoms with E-state index in [1.165, 1.54) is 6.07 Å². The summed E-state index contributed by atoms with van der Waals surface area (Å²) in [6.45, 7) is 3.12. The van der Waals surface area contributed by atoms with E-state index in [9.17, 15) is 4.39 Å². The normalized spacial score (nSPS) is 11.7. The van der Waals surface area contributed by atoms with Gasteiger partial charge in [0.15, 0.2) is 11.6 Å². The molecule has 1 aromatic carbocycles. The van der Waals surface area contributed by atoms with Crippen LogP contribution in [0.1, 0.15) is 23.4 Å². The molecule has 7 heteroatoms. The van der Waals surface area contributed by atoms with Gasteiger partial charge in [0.1, 0.15) is 11.6 Å². The molecule has 0 unspecified atom stereocenters. The van der Waals surface area contributed by atoms with Crippen molar-refractivity contribution in [2.45, 2.75) is 26.3 Å². The summed E-state index contributed by atoms with van der Waals surface area (Å²) in [6, 6.07) is 11.0. The highest BCUT2D eigenvalue weighted by Crippen LogP contribution is 2.09. The van der Waals surface area contributed by atoms with Gasteiger partial charge in [-0.3, -0.25) is 9.39 Å². The number of pyridine rings is 1. The van der Waals surface area contributed by atoms with E-state index in [-0.39, 0.29) is 5.82 Å². The molecule has 136 valence electrons. The van der Waals surface area contributed by atoms with Gasteiger partial charge in [-0.25, -0.2) is 4.39 Å². The largest absolute Gasteiger partial charge is 0.356 e. The molecule has 26 heavy (non-hydrogen) atoms. The molecule has 0 radical (unpaired) electrons. The Hall–Kier alpha value is -2.96. The molecule has 0 aliphatic heterocycles. The SMILES string of the molecule is CN=C(NCCCc1nnc2ccccn12)NCc1ccc(F)c(C)c1. The zero-order valence-corrected chi connectivity index (χ0v) is 15.0. The van der Waals surface area contributed by atoms with Crippen LogP contribution in [0.3, 0.4) is 0 Å². The van der Waals surface area contributed by atoms with E-state index in [0.717, 1.165) is 42.4 Å². The first-order valence-electron chi connectivity index (χ1n) is 8.65. The van der Waals surface area contributed by atoms with Gasteiger partial charge in [0.2, 0.25) is 0 Å². The second-order valence-corrected chi connectivity index (χ2v) is 6.08. The molecule has 0 saturated heterocycles. The van der Waals surface area contributed by atoms with Crippen molar-refractivity contribution in [2.75, 3.05) is 13.6 Å². The standard InChI is InChI=1S/C19H23FN6/c1-14-12-15(8-9-16(14)20)13-23-19(21-2)22-10-5-7-18-25-24-17-6-3-4-11-26(17)18/h3-4,6,8-9,11-12H,5,7,10,13H2,1-2H3,(H2,21,22,23). The molecule has 2 aromatic heterocycles.